The topological polar surface area (TPSA) is 106 Å². The lowest BCUT2D eigenvalue weighted by Gasteiger charge is -2.41. The summed E-state index contributed by atoms with van der Waals surface area (Å²) in [5.74, 6) is -0.530. The highest BCUT2D eigenvalue weighted by atomic mass is 35.5. The molecule has 3 heterocycles. The van der Waals surface area contributed by atoms with Gasteiger partial charge in [-0.1, -0.05) is 11.6 Å². The highest BCUT2D eigenvalue weighted by Gasteiger charge is 2.32. The molecule has 33 heavy (non-hydrogen) atoms. The van der Waals surface area contributed by atoms with Gasteiger partial charge < -0.3 is 16.0 Å². The SMILES string of the molecule is CC(=O)NC1CCC(N(c2c(C(N)=O)cnn3c(Cl)c(-c4ccncc4)cc23)C(C)C)CC1. The molecule has 9 heteroatoms. The molecule has 0 spiro atoms. The lowest BCUT2D eigenvalue weighted by atomic mass is 9.88. The summed E-state index contributed by atoms with van der Waals surface area (Å²) in [7, 11) is 0. The van der Waals surface area contributed by atoms with Gasteiger partial charge in [-0.05, 0) is 63.3 Å². The van der Waals surface area contributed by atoms with Crippen molar-refractivity contribution in [3.05, 3.63) is 47.5 Å². The second-order valence-electron chi connectivity index (χ2n) is 8.86. The van der Waals surface area contributed by atoms with E-state index in [9.17, 15) is 9.59 Å². The van der Waals surface area contributed by atoms with Crippen molar-refractivity contribution in [1.29, 1.82) is 0 Å². The van der Waals surface area contributed by atoms with Gasteiger partial charge in [-0.25, -0.2) is 4.52 Å². The number of nitrogens with zero attached hydrogens (tertiary/aromatic N) is 4. The molecule has 3 N–H and O–H groups in total. The number of rotatable bonds is 6. The van der Waals surface area contributed by atoms with Gasteiger partial charge in [0.1, 0.15) is 5.15 Å². The van der Waals surface area contributed by atoms with Crippen LogP contribution in [0.2, 0.25) is 5.15 Å². The van der Waals surface area contributed by atoms with Crippen LogP contribution >= 0.6 is 11.6 Å². The summed E-state index contributed by atoms with van der Waals surface area (Å²) in [4.78, 5) is 30.3. The molecule has 1 fully saturated rings. The second kappa shape index (κ2) is 9.39. The predicted octanol–water partition coefficient (Wildman–Crippen LogP) is 3.81. The maximum Gasteiger partial charge on any atom is 0.252 e. The summed E-state index contributed by atoms with van der Waals surface area (Å²) in [6.07, 6.45) is 8.47. The molecule has 0 radical (unpaired) electrons. The Morgan fingerprint density at radius 1 is 1.21 bits per heavy atom. The Labute approximate surface area is 198 Å². The zero-order chi connectivity index (χ0) is 23.7. The standard InChI is InChI=1S/C24H29ClN6O2/c1-14(2)30(18-6-4-17(5-7-18)29-15(3)32)22-20(24(26)33)13-28-31-21(22)12-19(23(31)25)16-8-10-27-11-9-16/h8-14,17-18H,4-7H2,1-3H3,(H2,26,33)(H,29,32). The van der Waals surface area contributed by atoms with Crippen LogP contribution in [0.4, 0.5) is 5.69 Å². The predicted molar refractivity (Wildman–Crippen MR) is 129 cm³/mol. The van der Waals surface area contributed by atoms with Crippen LogP contribution in [-0.2, 0) is 4.79 Å². The molecule has 174 valence electrons. The van der Waals surface area contributed by atoms with Crippen LogP contribution in [0.25, 0.3) is 16.6 Å². The molecular formula is C24H29ClN6O2. The van der Waals surface area contributed by atoms with Gasteiger partial charge >= 0.3 is 0 Å². The van der Waals surface area contributed by atoms with Crippen molar-refractivity contribution < 1.29 is 9.59 Å². The van der Waals surface area contributed by atoms with E-state index in [1.54, 1.807) is 23.8 Å². The fourth-order valence-corrected chi connectivity index (χ4v) is 5.21. The number of carbonyl (C=O) groups excluding carboxylic acids is 2. The van der Waals surface area contributed by atoms with Crippen molar-refractivity contribution in [2.75, 3.05) is 4.90 Å². The molecule has 0 atom stereocenters. The number of aromatic nitrogens is 3. The van der Waals surface area contributed by atoms with E-state index < -0.39 is 5.91 Å². The number of amides is 2. The Morgan fingerprint density at radius 2 is 1.88 bits per heavy atom. The van der Waals surface area contributed by atoms with E-state index in [-0.39, 0.29) is 24.0 Å². The van der Waals surface area contributed by atoms with Gasteiger partial charge in [0, 0.05) is 43.0 Å². The third-order valence-electron chi connectivity index (χ3n) is 6.29. The zero-order valence-electron chi connectivity index (χ0n) is 19.1. The van der Waals surface area contributed by atoms with Gasteiger partial charge in [-0.15, -0.1) is 0 Å². The number of fused-ring (bicyclic) bond motifs is 1. The van der Waals surface area contributed by atoms with E-state index in [4.69, 9.17) is 17.3 Å². The Morgan fingerprint density at radius 3 is 2.45 bits per heavy atom. The van der Waals surface area contributed by atoms with Gasteiger partial charge in [0.15, 0.2) is 0 Å². The van der Waals surface area contributed by atoms with Crippen molar-refractivity contribution in [3.8, 4) is 11.1 Å². The lowest BCUT2D eigenvalue weighted by Crippen LogP contribution is -2.47. The minimum atomic E-state index is -0.527. The summed E-state index contributed by atoms with van der Waals surface area (Å²) >= 11 is 6.74. The van der Waals surface area contributed by atoms with Crippen molar-refractivity contribution in [1.82, 2.24) is 19.9 Å². The van der Waals surface area contributed by atoms with E-state index in [0.717, 1.165) is 48.0 Å². The minimum absolute atomic E-state index is 0.00232. The number of anilines is 1. The van der Waals surface area contributed by atoms with Crippen molar-refractivity contribution in [2.24, 2.45) is 5.73 Å². The summed E-state index contributed by atoms with van der Waals surface area (Å²) in [6.45, 7) is 5.77. The summed E-state index contributed by atoms with van der Waals surface area (Å²) in [5, 5.41) is 7.93. The molecule has 0 saturated heterocycles. The number of nitrogens with one attached hydrogen (secondary N) is 1. The van der Waals surface area contributed by atoms with Crippen LogP contribution in [0.1, 0.15) is 56.8 Å². The van der Waals surface area contributed by atoms with E-state index in [1.807, 2.05) is 18.2 Å². The van der Waals surface area contributed by atoms with Crippen LogP contribution < -0.4 is 16.0 Å². The summed E-state index contributed by atoms with van der Waals surface area (Å²) in [5.41, 5.74) is 9.39. The monoisotopic (exact) mass is 468 g/mol. The minimum Gasteiger partial charge on any atom is -0.365 e. The van der Waals surface area contributed by atoms with Gasteiger partial charge in [-0.2, -0.15) is 5.10 Å². The third kappa shape index (κ3) is 4.53. The van der Waals surface area contributed by atoms with Gasteiger partial charge in [-0.3, -0.25) is 14.6 Å². The van der Waals surface area contributed by atoms with Crippen LogP contribution in [0.5, 0.6) is 0 Å². The molecule has 0 aromatic carbocycles. The number of halogens is 1. The molecular weight excluding hydrogens is 440 g/mol. The maximum atomic E-state index is 12.5. The third-order valence-corrected chi connectivity index (χ3v) is 6.65. The summed E-state index contributed by atoms with van der Waals surface area (Å²) in [6, 6.07) is 6.22. The highest BCUT2D eigenvalue weighted by molar-refractivity contribution is 6.33. The molecule has 4 rings (SSSR count). The first-order valence-electron chi connectivity index (χ1n) is 11.2. The van der Waals surface area contributed by atoms with Crippen molar-refractivity contribution in [2.45, 2.75) is 64.6 Å². The lowest BCUT2D eigenvalue weighted by molar-refractivity contribution is -0.119. The quantitative estimate of drug-likeness (QED) is 0.572. The first-order chi connectivity index (χ1) is 15.8. The Hall–Kier alpha value is -3.13. The fourth-order valence-electron chi connectivity index (χ4n) is 4.91. The molecule has 0 aliphatic heterocycles. The van der Waals surface area contributed by atoms with Crippen LogP contribution in [0.3, 0.4) is 0 Å². The molecule has 8 nitrogen and oxygen atoms in total. The largest absolute Gasteiger partial charge is 0.365 e. The summed E-state index contributed by atoms with van der Waals surface area (Å²) < 4.78 is 1.66. The number of primary amides is 1. The average Bonchev–Trinajstić information content (AvgIpc) is 3.12. The van der Waals surface area contributed by atoms with Gasteiger partial charge in [0.05, 0.1) is 23.0 Å². The Bertz CT molecular complexity index is 1170. The number of pyridine rings is 1. The van der Waals surface area contributed by atoms with E-state index in [0.29, 0.717) is 10.7 Å². The molecule has 3 aromatic rings. The highest BCUT2D eigenvalue weighted by Crippen LogP contribution is 2.39. The number of carbonyl (C=O) groups is 2. The van der Waals surface area contributed by atoms with Gasteiger partial charge in [0.25, 0.3) is 5.91 Å². The van der Waals surface area contributed by atoms with Gasteiger partial charge in [0.2, 0.25) is 5.91 Å². The Kier molecular flexibility index (Phi) is 6.56. The second-order valence-corrected chi connectivity index (χ2v) is 9.22. The number of hydrogen-bond donors (Lipinski definition) is 2. The number of nitrogens with two attached hydrogens (primary N) is 1. The molecule has 0 unspecified atom stereocenters. The van der Waals surface area contributed by atoms with E-state index >= 15 is 0 Å². The van der Waals surface area contributed by atoms with Crippen LogP contribution in [0.15, 0.2) is 36.8 Å². The fraction of sp³-hybridized carbons (Fsp3) is 0.417. The average molecular weight is 469 g/mol. The first kappa shape index (κ1) is 23.0. The van der Waals surface area contributed by atoms with E-state index in [1.165, 1.54) is 6.20 Å². The smallest absolute Gasteiger partial charge is 0.252 e. The molecule has 1 saturated carbocycles. The number of hydrogen-bond acceptors (Lipinski definition) is 5. The van der Waals surface area contributed by atoms with Crippen molar-refractivity contribution in [3.63, 3.8) is 0 Å². The maximum absolute atomic E-state index is 12.5. The molecule has 1 aliphatic rings. The molecule has 3 aromatic heterocycles. The Balaban J connectivity index is 1.82. The van der Waals surface area contributed by atoms with E-state index in [2.05, 4.69) is 34.1 Å². The van der Waals surface area contributed by atoms with Crippen LogP contribution in [-0.4, -0.2) is 44.5 Å². The normalized spacial score (nSPS) is 18.5. The zero-order valence-corrected chi connectivity index (χ0v) is 19.8. The first-order valence-corrected chi connectivity index (χ1v) is 11.6. The molecule has 1 aliphatic carbocycles. The van der Waals surface area contributed by atoms with Crippen molar-refractivity contribution >= 4 is 34.6 Å². The van der Waals surface area contributed by atoms with Crippen LogP contribution in [0, 0.1) is 0 Å². The molecule has 0 bridgehead atoms. The molecule has 2 amide bonds.